The number of Topliss-reactive ketones (excluding diaryl/α,β-unsaturated/α-hetero) is 1. The Labute approximate surface area is 92.1 Å². The first-order valence-electron chi connectivity index (χ1n) is 5.55. The normalized spacial score (nSPS) is 73.4. The molecule has 8 atom stereocenters. The van der Waals surface area contributed by atoms with E-state index in [4.69, 9.17) is 23.2 Å². The fraction of sp³-hybridized carbons (Fsp3) is 0.909. The Balaban J connectivity index is 1.87. The molecule has 0 amide bonds. The molecule has 0 aliphatic heterocycles. The maximum absolute atomic E-state index is 12.1. The number of ketones is 1. The van der Waals surface area contributed by atoms with Gasteiger partial charge in [0.1, 0.15) is 10.1 Å². The molecule has 0 spiro atoms. The molecule has 1 nitrogen and oxygen atoms in total. The van der Waals surface area contributed by atoms with E-state index in [9.17, 15) is 4.79 Å². The first-order chi connectivity index (χ1) is 6.64. The fourth-order valence-electron chi connectivity index (χ4n) is 6.07. The highest BCUT2D eigenvalue weighted by Gasteiger charge is 2.87. The highest BCUT2D eigenvalue weighted by Crippen LogP contribution is 2.86. The van der Waals surface area contributed by atoms with Crippen molar-refractivity contribution in [3.05, 3.63) is 0 Å². The van der Waals surface area contributed by atoms with Crippen LogP contribution in [0.3, 0.4) is 0 Å². The van der Waals surface area contributed by atoms with Gasteiger partial charge in [-0.05, 0) is 30.1 Å². The molecule has 2 bridgehead atoms. The summed E-state index contributed by atoms with van der Waals surface area (Å²) < 4.78 is -0.541. The summed E-state index contributed by atoms with van der Waals surface area (Å²) in [5, 5.41) is 0. The highest BCUT2D eigenvalue weighted by molar-refractivity contribution is 6.49. The monoisotopic (exact) mass is 228 g/mol. The zero-order chi connectivity index (χ0) is 9.40. The van der Waals surface area contributed by atoms with Gasteiger partial charge in [-0.25, -0.2) is 0 Å². The van der Waals surface area contributed by atoms with Gasteiger partial charge in [0.05, 0.1) is 0 Å². The summed E-state index contributed by atoms with van der Waals surface area (Å²) >= 11 is 13.0. The van der Waals surface area contributed by atoms with Gasteiger partial charge < -0.3 is 0 Å². The maximum Gasteiger partial charge on any atom is 0.140 e. The molecule has 5 rings (SSSR count). The minimum atomic E-state index is -0.541. The molecule has 5 aliphatic carbocycles. The van der Waals surface area contributed by atoms with Crippen molar-refractivity contribution in [1.82, 2.24) is 0 Å². The molecule has 14 heavy (non-hydrogen) atoms. The lowest BCUT2D eigenvalue weighted by Crippen LogP contribution is -2.52. The van der Waals surface area contributed by atoms with Crippen molar-refractivity contribution in [3.63, 3.8) is 0 Å². The fourth-order valence-corrected chi connectivity index (χ4v) is 7.23. The SMILES string of the molecule is O=C1[C@@H]2[C@H]3C[C@H]4[C@@H]5[C@@H]3[C@@H]1[C@@H]5C(Cl)(Cl)[C@H]42. The summed E-state index contributed by atoms with van der Waals surface area (Å²) in [6.07, 6.45) is 1.25. The number of hydrogen-bond acceptors (Lipinski definition) is 1. The van der Waals surface area contributed by atoms with Gasteiger partial charge in [0.2, 0.25) is 0 Å². The first-order valence-corrected chi connectivity index (χ1v) is 6.31. The number of alkyl halides is 2. The Morgan fingerprint density at radius 1 is 1.07 bits per heavy atom. The van der Waals surface area contributed by atoms with Crippen molar-refractivity contribution in [2.75, 3.05) is 0 Å². The summed E-state index contributed by atoms with van der Waals surface area (Å²) in [5.41, 5.74) is 0. The van der Waals surface area contributed by atoms with Crippen molar-refractivity contribution < 1.29 is 4.79 Å². The number of carbonyl (C=O) groups excluding carboxylic acids is 1. The van der Waals surface area contributed by atoms with Crippen LogP contribution in [0.15, 0.2) is 0 Å². The van der Waals surface area contributed by atoms with Crippen molar-refractivity contribution in [3.8, 4) is 0 Å². The lowest BCUT2D eigenvalue weighted by molar-refractivity contribution is -0.133. The standard InChI is InChI=1S/C11H10Cl2O/c12-11(13)8-3-1-2-4-5(3)9(11)7(4)10(14)6(2)8/h2-9H,1H2/t2-,3-,4+,5+,6+,7+,8+,9+/m0/s1. The molecule has 0 N–H and O–H groups in total. The van der Waals surface area contributed by atoms with E-state index in [-0.39, 0.29) is 11.8 Å². The van der Waals surface area contributed by atoms with E-state index in [1.165, 1.54) is 6.42 Å². The van der Waals surface area contributed by atoms with Gasteiger partial charge in [-0.15, -0.1) is 23.2 Å². The van der Waals surface area contributed by atoms with Gasteiger partial charge in [0.25, 0.3) is 0 Å². The van der Waals surface area contributed by atoms with E-state index in [2.05, 4.69) is 0 Å². The summed E-state index contributed by atoms with van der Waals surface area (Å²) in [5.74, 6) is 4.55. The Morgan fingerprint density at radius 2 is 1.86 bits per heavy atom. The van der Waals surface area contributed by atoms with Crippen LogP contribution >= 0.6 is 23.2 Å². The molecule has 74 valence electrons. The maximum atomic E-state index is 12.1. The van der Waals surface area contributed by atoms with Gasteiger partial charge in [0.15, 0.2) is 0 Å². The van der Waals surface area contributed by atoms with Crippen LogP contribution in [0.2, 0.25) is 0 Å². The molecule has 0 aromatic carbocycles. The summed E-state index contributed by atoms with van der Waals surface area (Å²) in [6.45, 7) is 0. The molecule has 0 heterocycles. The Kier molecular flexibility index (Phi) is 0.909. The summed E-state index contributed by atoms with van der Waals surface area (Å²) in [7, 11) is 0. The van der Waals surface area contributed by atoms with Gasteiger partial charge in [0, 0.05) is 23.7 Å². The summed E-state index contributed by atoms with van der Waals surface area (Å²) in [4.78, 5) is 12.1. The molecule has 0 aromatic heterocycles. The molecule has 0 radical (unpaired) electrons. The van der Waals surface area contributed by atoms with Crippen LogP contribution in [-0.4, -0.2) is 10.1 Å². The van der Waals surface area contributed by atoms with Crippen LogP contribution in [0.1, 0.15) is 6.42 Å². The Hall–Kier alpha value is 0.250. The third-order valence-corrected chi connectivity index (χ3v) is 7.06. The van der Waals surface area contributed by atoms with E-state index in [1.807, 2.05) is 0 Å². The highest BCUT2D eigenvalue weighted by atomic mass is 35.5. The zero-order valence-electron chi connectivity index (χ0n) is 7.49. The number of halogens is 2. The molecule has 0 saturated heterocycles. The topological polar surface area (TPSA) is 17.1 Å². The van der Waals surface area contributed by atoms with E-state index in [1.54, 1.807) is 0 Å². The predicted molar refractivity (Wildman–Crippen MR) is 52.0 cm³/mol. The minimum Gasteiger partial charge on any atom is -0.299 e. The Bertz CT molecular complexity index is 391. The molecule has 5 fully saturated rings. The second kappa shape index (κ2) is 1.69. The van der Waals surface area contributed by atoms with Crippen molar-refractivity contribution in [1.29, 1.82) is 0 Å². The molecular formula is C11H10Cl2O. The van der Waals surface area contributed by atoms with Crippen LogP contribution in [-0.2, 0) is 4.79 Å². The number of hydrogen-bond donors (Lipinski definition) is 0. The molecule has 0 aromatic rings. The number of carbonyl (C=O) groups is 1. The van der Waals surface area contributed by atoms with Crippen LogP contribution in [0.4, 0.5) is 0 Å². The van der Waals surface area contributed by atoms with Gasteiger partial charge in [-0.2, -0.15) is 0 Å². The molecule has 0 unspecified atom stereocenters. The van der Waals surface area contributed by atoms with Crippen molar-refractivity contribution in [2.24, 2.45) is 47.3 Å². The molecular weight excluding hydrogens is 219 g/mol. The van der Waals surface area contributed by atoms with Crippen LogP contribution in [0, 0.1) is 47.3 Å². The number of fused-ring (bicyclic) bond motifs is 2. The zero-order valence-corrected chi connectivity index (χ0v) is 9.00. The second-order valence-electron chi connectivity index (χ2n) is 5.90. The first kappa shape index (κ1) is 7.51. The van der Waals surface area contributed by atoms with Crippen molar-refractivity contribution in [2.45, 2.75) is 10.8 Å². The van der Waals surface area contributed by atoms with Crippen LogP contribution < -0.4 is 0 Å². The molecule has 5 aliphatic rings. The Morgan fingerprint density at radius 3 is 2.64 bits per heavy atom. The quantitative estimate of drug-likeness (QED) is 0.581. The second-order valence-corrected chi connectivity index (χ2v) is 7.34. The average molecular weight is 229 g/mol. The molecule has 5 saturated carbocycles. The van der Waals surface area contributed by atoms with E-state index < -0.39 is 4.33 Å². The van der Waals surface area contributed by atoms with Crippen LogP contribution in [0.5, 0.6) is 0 Å². The predicted octanol–water partition coefficient (Wildman–Crippen LogP) is 2.12. The molecule has 3 heteroatoms. The lowest BCUT2D eigenvalue weighted by atomic mass is 9.59. The van der Waals surface area contributed by atoms with Gasteiger partial charge >= 0.3 is 0 Å². The van der Waals surface area contributed by atoms with E-state index in [0.29, 0.717) is 35.4 Å². The largest absolute Gasteiger partial charge is 0.299 e. The number of rotatable bonds is 0. The average Bonchev–Trinajstić information content (AvgIpc) is 2.52. The lowest BCUT2D eigenvalue weighted by Gasteiger charge is -2.47. The third-order valence-electron chi connectivity index (χ3n) is 6.05. The summed E-state index contributed by atoms with van der Waals surface area (Å²) in [6, 6.07) is 0. The van der Waals surface area contributed by atoms with Gasteiger partial charge in [-0.3, -0.25) is 4.79 Å². The van der Waals surface area contributed by atoms with Crippen molar-refractivity contribution >= 4 is 29.0 Å². The smallest absolute Gasteiger partial charge is 0.140 e. The van der Waals surface area contributed by atoms with E-state index in [0.717, 1.165) is 5.92 Å². The van der Waals surface area contributed by atoms with Gasteiger partial charge in [-0.1, -0.05) is 0 Å². The minimum absolute atomic E-state index is 0.264. The van der Waals surface area contributed by atoms with E-state index >= 15 is 0 Å². The third kappa shape index (κ3) is 0.427. The van der Waals surface area contributed by atoms with Crippen LogP contribution in [0.25, 0.3) is 0 Å².